The normalized spacial score (nSPS) is 16.8. The molecule has 6 nitrogen and oxygen atoms in total. The number of halogens is 1. The molecule has 1 saturated heterocycles. The van der Waals surface area contributed by atoms with E-state index in [1.165, 1.54) is 6.07 Å². The van der Waals surface area contributed by atoms with Crippen LogP contribution >= 0.6 is 11.6 Å². The predicted molar refractivity (Wildman–Crippen MR) is 95.5 cm³/mol. The van der Waals surface area contributed by atoms with Gasteiger partial charge in [-0.15, -0.1) is 0 Å². The highest BCUT2D eigenvalue weighted by Gasteiger charge is 2.37. The molecule has 1 atom stereocenters. The molecule has 25 heavy (non-hydrogen) atoms. The Morgan fingerprint density at radius 3 is 2.56 bits per heavy atom. The molecular formula is C18H16ClN3O3. The Balaban J connectivity index is 1.71. The van der Waals surface area contributed by atoms with E-state index < -0.39 is 17.7 Å². The monoisotopic (exact) mass is 357 g/mol. The van der Waals surface area contributed by atoms with Crippen molar-refractivity contribution in [1.82, 2.24) is 0 Å². The minimum Gasteiger partial charge on any atom is -0.366 e. The number of carbonyl (C=O) groups excluding carboxylic acids is 3. The lowest BCUT2D eigenvalue weighted by atomic mass is 10.1. The van der Waals surface area contributed by atoms with Crippen LogP contribution in [0.15, 0.2) is 48.5 Å². The minimum absolute atomic E-state index is 0.258. The van der Waals surface area contributed by atoms with Crippen LogP contribution in [0.2, 0.25) is 5.02 Å². The van der Waals surface area contributed by atoms with Crippen molar-refractivity contribution in [3.8, 4) is 0 Å². The quantitative estimate of drug-likeness (QED) is 0.823. The van der Waals surface area contributed by atoms with E-state index in [-0.39, 0.29) is 5.91 Å². The smallest absolute Gasteiger partial charge is 0.248 e. The van der Waals surface area contributed by atoms with Gasteiger partial charge >= 0.3 is 0 Å². The summed E-state index contributed by atoms with van der Waals surface area (Å²) in [4.78, 5) is 37.8. The first kappa shape index (κ1) is 17.0. The maximum absolute atomic E-state index is 12.6. The maximum atomic E-state index is 12.6. The molecule has 0 spiro atoms. The number of primary amides is 1. The van der Waals surface area contributed by atoms with Crippen LogP contribution in [0.3, 0.4) is 0 Å². The van der Waals surface area contributed by atoms with E-state index in [1.54, 1.807) is 47.4 Å². The molecule has 3 rings (SSSR count). The number of hydrogen-bond donors (Lipinski definition) is 2. The number of rotatable bonds is 4. The van der Waals surface area contributed by atoms with Gasteiger partial charge in [-0.25, -0.2) is 0 Å². The molecule has 0 aliphatic carbocycles. The standard InChI is InChI=1S/C18H16ClN3O3/c19-12-4-6-14(7-5-12)22-9-8-15(18(22)25)17(24)21-13-3-1-2-11(10-13)16(20)23/h1-7,10,15H,8-9H2,(H2,20,23)(H,21,24). The van der Waals surface area contributed by atoms with Gasteiger partial charge in [-0.05, 0) is 48.9 Å². The number of benzene rings is 2. The van der Waals surface area contributed by atoms with E-state index in [0.717, 1.165) is 0 Å². The Kier molecular flexibility index (Phi) is 4.72. The van der Waals surface area contributed by atoms with Crippen LogP contribution in [-0.4, -0.2) is 24.3 Å². The molecule has 3 amide bonds. The molecule has 1 aliphatic rings. The second kappa shape index (κ2) is 6.94. The number of carbonyl (C=O) groups is 3. The number of nitrogens with two attached hydrogens (primary N) is 1. The number of nitrogens with one attached hydrogen (secondary N) is 1. The Bertz CT molecular complexity index is 836. The summed E-state index contributed by atoms with van der Waals surface area (Å²) in [6.45, 7) is 0.458. The van der Waals surface area contributed by atoms with E-state index in [9.17, 15) is 14.4 Å². The first-order chi connectivity index (χ1) is 12.0. The summed E-state index contributed by atoms with van der Waals surface area (Å²) < 4.78 is 0. The van der Waals surface area contributed by atoms with Crippen molar-refractivity contribution in [2.24, 2.45) is 11.7 Å². The Morgan fingerprint density at radius 2 is 1.88 bits per heavy atom. The van der Waals surface area contributed by atoms with Gasteiger partial charge in [0.25, 0.3) is 0 Å². The van der Waals surface area contributed by atoms with Crippen molar-refractivity contribution in [3.05, 3.63) is 59.1 Å². The summed E-state index contributed by atoms with van der Waals surface area (Å²) in [5.41, 5.74) is 6.66. The first-order valence-electron chi connectivity index (χ1n) is 7.73. The van der Waals surface area contributed by atoms with Crippen LogP contribution in [0.25, 0.3) is 0 Å². The fourth-order valence-corrected chi connectivity index (χ4v) is 2.91. The SMILES string of the molecule is NC(=O)c1cccc(NC(=O)C2CCN(c3ccc(Cl)cc3)C2=O)c1. The molecule has 1 fully saturated rings. The van der Waals surface area contributed by atoms with Gasteiger partial charge in [0.15, 0.2) is 0 Å². The van der Waals surface area contributed by atoms with Crippen LogP contribution in [0, 0.1) is 5.92 Å². The van der Waals surface area contributed by atoms with Crippen molar-refractivity contribution in [2.45, 2.75) is 6.42 Å². The molecule has 2 aromatic carbocycles. The van der Waals surface area contributed by atoms with Crippen molar-refractivity contribution in [2.75, 3.05) is 16.8 Å². The fraction of sp³-hybridized carbons (Fsp3) is 0.167. The summed E-state index contributed by atoms with van der Waals surface area (Å²) >= 11 is 5.86. The van der Waals surface area contributed by atoms with Gasteiger partial charge in [-0.2, -0.15) is 0 Å². The second-order valence-electron chi connectivity index (χ2n) is 5.74. The zero-order valence-electron chi connectivity index (χ0n) is 13.2. The van der Waals surface area contributed by atoms with Gasteiger partial charge in [0.1, 0.15) is 5.92 Å². The third-order valence-corrected chi connectivity index (χ3v) is 4.33. The van der Waals surface area contributed by atoms with E-state index in [1.807, 2.05) is 0 Å². The molecule has 0 radical (unpaired) electrons. The van der Waals surface area contributed by atoms with E-state index in [4.69, 9.17) is 17.3 Å². The Morgan fingerprint density at radius 1 is 1.16 bits per heavy atom. The lowest BCUT2D eigenvalue weighted by Crippen LogP contribution is -2.33. The van der Waals surface area contributed by atoms with Crippen molar-refractivity contribution in [1.29, 1.82) is 0 Å². The molecule has 0 saturated carbocycles. The van der Waals surface area contributed by atoms with Crippen molar-refractivity contribution >= 4 is 40.7 Å². The largest absolute Gasteiger partial charge is 0.366 e. The van der Waals surface area contributed by atoms with Gasteiger partial charge < -0.3 is 16.0 Å². The molecule has 2 aromatic rings. The van der Waals surface area contributed by atoms with E-state index >= 15 is 0 Å². The predicted octanol–water partition coefficient (Wildman–Crippen LogP) is 2.43. The van der Waals surface area contributed by atoms with Gasteiger partial charge in [-0.3, -0.25) is 14.4 Å². The molecular weight excluding hydrogens is 342 g/mol. The summed E-state index contributed by atoms with van der Waals surface area (Å²) in [5.74, 6) is -2.01. The fourth-order valence-electron chi connectivity index (χ4n) is 2.78. The van der Waals surface area contributed by atoms with Crippen LogP contribution in [0.5, 0.6) is 0 Å². The van der Waals surface area contributed by atoms with Crippen LogP contribution in [-0.2, 0) is 9.59 Å². The van der Waals surface area contributed by atoms with Gasteiger partial charge in [-0.1, -0.05) is 17.7 Å². The van der Waals surface area contributed by atoms with Gasteiger partial charge in [0, 0.05) is 28.5 Å². The van der Waals surface area contributed by atoms with Crippen LogP contribution < -0.4 is 16.0 Å². The summed E-state index contributed by atoms with van der Waals surface area (Å²) in [6.07, 6.45) is 0.419. The Labute approximate surface area is 149 Å². The van der Waals surface area contributed by atoms with Crippen LogP contribution in [0.1, 0.15) is 16.8 Å². The molecule has 1 aliphatic heterocycles. The maximum Gasteiger partial charge on any atom is 0.248 e. The molecule has 1 unspecified atom stereocenters. The first-order valence-corrected chi connectivity index (χ1v) is 8.11. The van der Waals surface area contributed by atoms with E-state index in [0.29, 0.717) is 34.9 Å². The lowest BCUT2D eigenvalue weighted by Gasteiger charge is -2.17. The van der Waals surface area contributed by atoms with Crippen molar-refractivity contribution in [3.63, 3.8) is 0 Å². The van der Waals surface area contributed by atoms with Gasteiger partial charge in [0.2, 0.25) is 17.7 Å². The topological polar surface area (TPSA) is 92.5 Å². The van der Waals surface area contributed by atoms with Gasteiger partial charge in [0.05, 0.1) is 0 Å². The number of amides is 3. The third kappa shape index (κ3) is 3.64. The average molecular weight is 358 g/mol. The minimum atomic E-state index is -0.770. The summed E-state index contributed by atoms with van der Waals surface area (Å²) in [6, 6.07) is 13.2. The second-order valence-corrected chi connectivity index (χ2v) is 6.18. The lowest BCUT2D eigenvalue weighted by molar-refractivity contribution is -0.129. The van der Waals surface area contributed by atoms with Crippen LogP contribution in [0.4, 0.5) is 11.4 Å². The molecule has 128 valence electrons. The average Bonchev–Trinajstić information content (AvgIpc) is 2.97. The Hall–Kier alpha value is -2.86. The molecule has 7 heteroatoms. The third-order valence-electron chi connectivity index (χ3n) is 4.07. The molecule has 0 aromatic heterocycles. The summed E-state index contributed by atoms with van der Waals surface area (Å²) in [7, 11) is 0. The highest BCUT2D eigenvalue weighted by atomic mass is 35.5. The zero-order chi connectivity index (χ0) is 18.0. The number of nitrogens with zero attached hydrogens (tertiary/aromatic N) is 1. The zero-order valence-corrected chi connectivity index (χ0v) is 14.0. The highest BCUT2D eigenvalue weighted by molar-refractivity contribution is 6.30. The number of hydrogen-bond acceptors (Lipinski definition) is 3. The van der Waals surface area contributed by atoms with Crippen molar-refractivity contribution < 1.29 is 14.4 Å². The molecule has 0 bridgehead atoms. The number of anilines is 2. The van der Waals surface area contributed by atoms with E-state index in [2.05, 4.69) is 5.32 Å². The molecule has 3 N–H and O–H groups in total. The molecule has 1 heterocycles. The summed E-state index contributed by atoms with van der Waals surface area (Å²) in [5, 5.41) is 3.26. The highest BCUT2D eigenvalue weighted by Crippen LogP contribution is 2.27.